The van der Waals surface area contributed by atoms with Gasteiger partial charge in [-0.3, -0.25) is 14.3 Å². The van der Waals surface area contributed by atoms with Crippen LogP contribution in [0.2, 0.25) is 0 Å². The first kappa shape index (κ1) is 14.5. The van der Waals surface area contributed by atoms with Gasteiger partial charge in [0.15, 0.2) is 0 Å². The van der Waals surface area contributed by atoms with Crippen LogP contribution in [0.25, 0.3) is 10.9 Å². The van der Waals surface area contributed by atoms with Crippen LogP contribution in [0.3, 0.4) is 0 Å². The maximum Gasteiger partial charge on any atom is 0.241 e. The maximum atomic E-state index is 12.4. The first-order valence-electron chi connectivity index (χ1n) is 7.37. The quantitative estimate of drug-likeness (QED) is 0.811. The summed E-state index contributed by atoms with van der Waals surface area (Å²) in [6.45, 7) is 2.10. The number of fused-ring (bicyclic) bond motifs is 1. The highest BCUT2D eigenvalue weighted by Gasteiger charge is 2.30. The number of nitrogens with one attached hydrogen (secondary N) is 1. The van der Waals surface area contributed by atoms with Crippen molar-refractivity contribution < 1.29 is 9.59 Å². The minimum absolute atomic E-state index is 0.0649. The van der Waals surface area contributed by atoms with Crippen LogP contribution in [0.4, 0.5) is 0 Å². The van der Waals surface area contributed by atoms with Gasteiger partial charge in [-0.1, -0.05) is 18.2 Å². The summed E-state index contributed by atoms with van der Waals surface area (Å²) in [6, 6.07) is 7.30. The average Bonchev–Trinajstić information content (AvgIpc) is 2.96. The van der Waals surface area contributed by atoms with Crippen LogP contribution in [0.5, 0.6) is 0 Å². The van der Waals surface area contributed by atoms with E-state index >= 15 is 0 Å². The lowest BCUT2D eigenvalue weighted by atomic mass is 10.1. The molecule has 0 radical (unpaired) electrons. The van der Waals surface area contributed by atoms with Gasteiger partial charge in [-0.2, -0.15) is 5.10 Å². The summed E-state index contributed by atoms with van der Waals surface area (Å²) < 4.78 is 1.81. The molecule has 1 unspecified atom stereocenters. The van der Waals surface area contributed by atoms with E-state index in [4.69, 9.17) is 5.73 Å². The molecule has 7 heteroatoms. The number of rotatable bonds is 4. The molecule has 0 saturated carbocycles. The molecule has 1 aliphatic heterocycles. The second-order valence-electron chi connectivity index (χ2n) is 5.39. The number of primary amides is 1. The summed E-state index contributed by atoms with van der Waals surface area (Å²) in [5, 5.41) is 8.44. The van der Waals surface area contributed by atoms with Crippen LogP contribution < -0.4 is 11.1 Å². The third kappa shape index (κ3) is 2.80. The Morgan fingerprint density at radius 2 is 2.18 bits per heavy atom. The number of aromatic nitrogens is 2. The number of benzene rings is 1. The Balaban J connectivity index is 1.67. The largest absolute Gasteiger partial charge is 0.368 e. The number of hydrogen-bond donors (Lipinski definition) is 2. The number of piperazine rings is 1. The van der Waals surface area contributed by atoms with E-state index in [1.165, 1.54) is 0 Å². The normalized spacial score (nSPS) is 18.5. The molecule has 1 aromatic heterocycles. The SMILES string of the molecule is NC(=O)C1CNCCN1C(=O)CCn1ncc2ccccc21. The Labute approximate surface area is 128 Å². The van der Waals surface area contributed by atoms with Crippen molar-refractivity contribution in [3.8, 4) is 0 Å². The van der Waals surface area contributed by atoms with E-state index in [9.17, 15) is 9.59 Å². The number of hydrogen-bond acceptors (Lipinski definition) is 4. The predicted octanol–water partition coefficient (Wildman–Crippen LogP) is -0.288. The molecule has 1 saturated heterocycles. The average molecular weight is 301 g/mol. The zero-order chi connectivity index (χ0) is 15.5. The van der Waals surface area contributed by atoms with E-state index in [-0.39, 0.29) is 5.91 Å². The highest BCUT2D eigenvalue weighted by Crippen LogP contribution is 2.14. The number of amides is 2. The maximum absolute atomic E-state index is 12.4. The Bertz CT molecular complexity index is 696. The highest BCUT2D eigenvalue weighted by molar-refractivity contribution is 5.87. The molecular formula is C15H19N5O2. The molecule has 0 bridgehead atoms. The molecule has 2 heterocycles. The Morgan fingerprint density at radius 1 is 1.36 bits per heavy atom. The highest BCUT2D eigenvalue weighted by atomic mass is 16.2. The third-order valence-corrected chi connectivity index (χ3v) is 3.98. The number of aryl methyl sites for hydroxylation is 1. The summed E-state index contributed by atoms with van der Waals surface area (Å²) in [4.78, 5) is 25.4. The van der Waals surface area contributed by atoms with Crippen LogP contribution in [0, 0.1) is 0 Å². The molecule has 3 rings (SSSR count). The van der Waals surface area contributed by atoms with Gasteiger partial charge in [0.2, 0.25) is 11.8 Å². The lowest BCUT2D eigenvalue weighted by Gasteiger charge is -2.34. The number of nitrogens with two attached hydrogens (primary N) is 1. The van der Waals surface area contributed by atoms with Crippen molar-refractivity contribution in [2.45, 2.75) is 19.0 Å². The third-order valence-electron chi connectivity index (χ3n) is 3.98. The second-order valence-corrected chi connectivity index (χ2v) is 5.39. The van der Waals surface area contributed by atoms with Gasteiger partial charge in [-0.05, 0) is 6.07 Å². The fraction of sp³-hybridized carbons (Fsp3) is 0.400. The van der Waals surface area contributed by atoms with E-state index in [2.05, 4.69) is 10.4 Å². The zero-order valence-electron chi connectivity index (χ0n) is 12.2. The number of carbonyl (C=O) groups excluding carboxylic acids is 2. The monoisotopic (exact) mass is 301 g/mol. The van der Waals surface area contributed by atoms with E-state index < -0.39 is 11.9 Å². The number of carbonyl (C=O) groups is 2. The van der Waals surface area contributed by atoms with Crippen molar-refractivity contribution in [1.29, 1.82) is 0 Å². The molecule has 0 aliphatic carbocycles. The molecule has 1 fully saturated rings. The molecular weight excluding hydrogens is 282 g/mol. The molecule has 0 spiro atoms. The van der Waals surface area contributed by atoms with Crippen LogP contribution in [0.1, 0.15) is 6.42 Å². The molecule has 2 amide bonds. The van der Waals surface area contributed by atoms with Crippen LogP contribution in [-0.2, 0) is 16.1 Å². The Morgan fingerprint density at radius 3 is 3.00 bits per heavy atom. The van der Waals surface area contributed by atoms with Crippen molar-refractivity contribution in [3.63, 3.8) is 0 Å². The van der Waals surface area contributed by atoms with Crippen LogP contribution >= 0.6 is 0 Å². The van der Waals surface area contributed by atoms with Gasteiger partial charge in [-0.15, -0.1) is 0 Å². The minimum atomic E-state index is -0.560. The molecule has 116 valence electrons. The van der Waals surface area contributed by atoms with Crippen LogP contribution in [-0.4, -0.2) is 52.2 Å². The fourth-order valence-corrected chi connectivity index (χ4v) is 2.81. The van der Waals surface area contributed by atoms with Crippen molar-refractivity contribution in [2.75, 3.05) is 19.6 Å². The standard InChI is InChI=1S/C15H19N5O2/c16-15(22)13-10-17-6-8-19(13)14(21)5-7-20-12-4-2-1-3-11(12)9-18-20/h1-4,9,13,17H,5-8,10H2,(H2,16,22). The zero-order valence-corrected chi connectivity index (χ0v) is 12.2. The molecule has 2 aromatic rings. The van der Waals surface area contributed by atoms with Gasteiger partial charge in [0, 0.05) is 31.4 Å². The van der Waals surface area contributed by atoms with E-state index in [0.29, 0.717) is 32.6 Å². The predicted molar refractivity (Wildman–Crippen MR) is 81.9 cm³/mol. The molecule has 7 nitrogen and oxygen atoms in total. The van der Waals surface area contributed by atoms with Gasteiger partial charge < -0.3 is 16.0 Å². The molecule has 3 N–H and O–H groups in total. The lowest BCUT2D eigenvalue weighted by Crippen LogP contribution is -2.58. The van der Waals surface area contributed by atoms with E-state index in [0.717, 1.165) is 10.9 Å². The molecule has 1 aliphatic rings. The topological polar surface area (TPSA) is 93.3 Å². The van der Waals surface area contributed by atoms with Gasteiger partial charge in [-0.25, -0.2) is 0 Å². The molecule has 22 heavy (non-hydrogen) atoms. The second kappa shape index (κ2) is 6.15. The Hall–Kier alpha value is -2.41. The van der Waals surface area contributed by atoms with Gasteiger partial charge >= 0.3 is 0 Å². The molecule has 1 aromatic carbocycles. The summed E-state index contributed by atoms with van der Waals surface area (Å²) >= 11 is 0. The van der Waals surface area contributed by atoms with Gasteiger partial charge in [0.1, 0.15) is 6.04 Å². The van der Waals surface area contributed by atoms with Crippen molar-refractivity contribution in [3.05, 3.63) is 30.5 Å². The Kier molecular flexibility index (Phi) is 4.06. The summed E-state index contributed by atoms with van der Waals surface area (Å²) in [6.07, 6.45) is 2.09. The smallest absolute Gasteiger partial charge is 0.241 e. The minimum Gasteiger partial charge on any atom is -0.368 e. The van der Waals surface area contributed by atoms with Crippen LogP contribution in [0.15, 0.2) is 30.5 Å². The fourth-order valence-electron chi connectivity index (χ4n) is 2.81. The number of para-hydroxylation sites is 1. The first-order chi connectivity index (χ1) is 10.7. The van der Waals surface area contributed by atoms with Crippen molar-refractivity contribution in [1.82, 2.24) is 20.0 Å². The number of nitrogens with zero attached hydrogens (tertiary/aromatic N) is 3. The van der Waals surface area contributed by atoms with E-state index in [1.807, 2.05) is 28.9 Å². The summed E-state index contributed by atoms with van der Waals surface area (Å²) in [7, 11) is 0. The van der Waals surface area contributed by atoms with Crippen molar-refractivity contribution >= 4 is 22.7 Å². The van der Waals surface area contributed by atoms with Gasteiger partial charge in [0.05, 0.1) is 18.3 Å². The first-order valence-corrected chi connectivity index (χ1v) is 7.37. The van der Waals surface area contributed by atoms with E-state index in [1.54, 1.807) is 11.1 Å². The van der Waals surface area contributed by atoms with Gasteiger partial charge in [0.25, 0.3) is 0 Å². The summed E-state index contributed by atoms with van der Waals surface area (Å²) in [5.74, 6) is -0.532. The van der Waals surface area contributed by atoms with Crippen molar-refractivity contribution in [2.24, 2.45) is 5.73 Å². The summed E-state index contributed by atoms with van der Waals surface area (Å²) in [5.41, 5.74) is 6.37. The lowest BCUT2D eigenvalue weighted by molar-refractivity contribution is -0.140. The molecule has 1 atom stereocenters.